The highest BCUT2D eigenvalue weighted by Crippen LogP contribution is 1.97. The highest BCUT2D eigenvalue weighted by atomic mass is 14.9. The number of nitrogens with one attached hydrogen (secondary N) is 1. The zero-order chi connectivity index (χ0) is 7.82. The normalized spacial score (nSPS) is 13.5. The molecular weight excluding hydrogens is 122 g/mol. The maximum atomic E-state index is 3.36. The van der Waals surface area contributed by atoms with Crippen LogP contribution in [-0.4, -0.2) is 6.04 Å². The fourth-order valence-electron chi connectivity index (χ4n) is 0.945. The van der Waals surface area contributed by atoms with Crippen LogP contribution in [0.3, 0.4) is 0 Å². The van der Waals surface area contributed by atoms with Gasteiger partial charge in [-0.15, -0.1) is 0 Å². The molecule has 1 radical (unpaired) electrons. The van der Waals surface area contributed by atoms with Crippen molar-refractivity contribution in [3.05, 3.63) is 6.54 Å². The molecule has 0 aliphatic heterocycles. The van der Waals surface area contributed by atoms with Crippen molar-refractivity contribution in [3.8, 4) is 0 Å². The molecule has 0 saturated carbocycles. The van der Waals surface area contributed by atoms with E-state index in [4.69, 9.17) is 0 Å². The van der Waals surface area contributed by atoms with Crippen molar-refractivity contribution in [1.82, 2.24) is 5.32 Å². The third-order valence-electron chi connectivity index (χ3n) is 1.56. The molecule has 0 aliphatic rings. The van der Waals surface area contributed by atoms with Crippen LogP contribution in [0.25, 0.3) is 0 Å². The molecule has 0 aromatic heterocycles. The molecule has 1 atom stereocenters. The maximum Gasteiger partial charge on any atom is 0.0223 e. The Bertz CT molecular complexity index is 61.7. The summed E-state index contributed by atoms with van der Waals surface area (Å²) in [7, 11) is 0. The highest BCUT2D eigenvalue weighted by Gasteiger charge is 1.96. The summed E-state index contributed by atoms with van der Waals surface area (Å²) < 4.78 is 0. The summed E-state index contributed by atoms with van der Waals surface area (Å²) in [6.07, 6.45) is 4.98. The van der Waals surface area contributed by atoms with E-state index < -0.39 is 0 Å². The average Bonchev–Trinajstić information content (AvgIpc) is 1.89. The molecule has 0 aromatic carbocycles. The first-order valence-electron chi connectivity index (χ1n) is 4.39. The Balaban J connectivity index is 2.97. The van der Waals surface area contributed by atoms with Crippen molar-refractivity contribution in [2.75, 3.05) is 0 Å². The zero-order valence-corrected chi connectivity index (χ0v) is 7.48. The number of rotatable bonds is 6. The predicted molar refractivity (Wildman–Crippen MR) is 46.7 cm³/mol. The van der Waals surface area contributed by atoms with Gasteiger partial charge in [-0.3, -0.25) is 0 Å². The van der Waals surface area contributed by atoms with E-state index in [-0.39, 0.29) is 0 Å². The molecule has 1 unspecified atom stereocenters. The van der Waals surface area contributed by atoms with Gasteiger partial charge in [-0.1, -0.05) is 26.7 Å². The third-order valence-corrected chi connectivity index (χ3v) is 1.56. The summed E-state index contributed by atoms with van der Waals surface area (Å²) in [5.74, 6) is 0. The van der Waals surface area contributed by atoms with Crippen LogP contribution in [0.1, 0.15) is 46.5 Å². The smallest absolute Gasteiger partial charge is 0.0223 e. The van der Waals surface area contributed by atoms with Gasteiger partial charge in [-0.2, -0.15) is 0 Å². The van der Waals surface area contributed by atoms with E-state index in [0.29, 0.717) is 6.04 Å². The van der Waals surface area contributed by atoms with Crippen LogP contribution in [0, 0.1) is 6.54 Å². The molecule has 0 saturated heterocycles. The van der Waals surface area contributed by atoms with Crippen LogP contribution in [0.5, 0.6) is 0 Å². The minimum absolute atomic E-state index is 0.663. The Morgan fingerprint density at radius 2 is 2.00 bits per heavy atom. The lowest BCUT2D eigenvalue weighted by molar-refractivity contribution is 0.541. The van der Waals surface area contributed by atoms with Gasteiger partial charge in [0.1, 0.15) is 0 Å². The second kappa shape index (κ2) is 7.07. The van der Waals surface area contributed by atoms with E-state index in [1.807, 2.05) is 0 Å². The van der Waals surface area contributed by atoms with E-state index >= 15 is 0 Å². The first-order chi connectivity index (χ1) is 4.81. The van der Waals surface area contributed by atoms with Gasteiger partial charge in [0.2, 0.25) is 0 Å². The lowest BCUT2D eigenvalue weighted by atomic mass is 10.2. The molecule has 0 aromatic rings. The summed E-state index contributed by atoms with van der Waals surface area (Å²) in [5, 5.41) is 3.36. The topological polar surface area (TPSA) is 12.0 Å². The van der Waals surface area contributed by atoms with Crippen molar-refractivity contribution in [3.63, 3.8) is 0 Å². The third kappa shape index (κ3) is 6.09. The predicted octanol–water partition coefficient (Wildman–Crippen LogP) is 2.73. The molecule has 10 heavy (non-hydrogen) atoms. The van der Waals surface area contributed by atoms with Crippen LogP contribution in [0.2, 0.25) is 0 Å². The van der Waals surface area contributed by atoms with Crippen molar-refractivity contribution in [2.45, 2.75) is 52.5 Å². The minimum atomic E-state index is 0.663. The van der Waals surface area contributed by atoms with Gasteiger partial charge >= 0.3 is 0 Å². The van der Waals surface area contributed by atoms with Crippen molar-refractivity contribution < 1.29 is 0 Å². The van der Waals surface area contributed by atoms with Crippen LogP contribution in [0.15, 0.2) is 0 Å². The van der Waals surface area contributed by atoms with Gasteiger partial charge in [-0.25, -0.2) is 0 Å². The molecule has 0 bridgehead atoms. The van der Waals surface area contributed by atoms with Gasteiger partial charge in [0.15, 0.2) is 0 Å². The van der Waals surface area contributed by atoms with Gasteiger partial charge in [0.05, 0.1) is 0 Å². The maximum absolute atomic E-state index is 3.36. The average molecular weight is 142 g/mol. The number of unbranched alkanes of at least 4 members (excludes halogenated alkanes) is 1. The largest absolute Gasteiger partial charge is 0.310 e. The monoisotopic (exact) mass is 142 g/mol. The molecule has 1 N–H and O–H groups in total. The molecule has 61 valence electrons. The minimum Gasteiger partial charge on any atom is -0.310 e. The number of hydrogen-bond donors (Lipinski definition) is 1. The van der Waals surface area contributed by atoms with Crippen LogP contribution < -0.4 is 5.32 Å². The molecule has 0 fully saturated rings. The molecule has 0 aliphatic carbocycles. The molecular formula is C9H20N. The Hall–Kier alpha value is -0.0400. The lowest BCUT2D eigenvalue weighted by Crippen LogP contribution is -2.22. The van der Waals surface area contributed by atoms with E-state index in [1.165, 1.54) is 25.7 Å². The van der Waals surface area contributed by atoms with Gasteiger partial charge in [0, 0.05) is 12.6 Å². The van der Waals surface area contributed by atoms with Gasteiger partial charge in [0.25, 0.3) is 0 Å². The molecule has 1 heteroatoms. The molecule has 1 nitrogen and oxygen atoms in total. The van der Waals surface area contributed by atoms with Crippen LogP contribution in [0.4, 0.5) is 0 Å². The highest BCUT2D eigenvalue weighted by molar-refractivity contribution is 4.67. The molecule has 0 amide bonds. The first kappa shape index (κ1) is 9.96. The second-order valence-electron chi connectivity index (χ2n) is 2.85. The van der Waals surface area contributed by atoms with Crippen molar-refractivity contribution in [2.24, 2.45) is 0 Å². The Labute approximate surface area is 65.2 Å². The summed E-state index contributed by atoms with van der Waals surface area (Å²) in [6.45, 7) is 8.83. The SMILES string of the molecule is CCC[CH]NC(C)CCC. The Morgan fingerprint density at radius 1 is 1.30 bits per heavy atom. The van der Waals surface area contributed by atoms with E-state index in [0.717, 1.165) is 0 Å². The number of hydrogen-bond acceptors (Lipinski definition) is 1. The Morgan fingerprint density at radius 3 is 2.50 bits per heavy atom. The van der Waals surface area contributed by atoms with Gasteiger partial charge < -0.3 is 5.32 Å². The van der Waals surface area contributed by atoms with E-state index in [2.05, 4.69) is 32.6 Å². The van der Waals surface area contributed by atoms with Gasteiger partial charge in [-0.05, 0) is 19.8 Å². The summed E-state index contributed by atoms with van der Waals surface area (Å²) >= 11 is 0. The fourth-order valence-corrected chi connectivity index (χ4v) is 0.945. The molecule has 0 heterocycles. The lowest BCUT2D eigenvalue weighted by Gasteiger charge is -2.10. The Kier molecular flexibility index (Phi) is 7.04. The fraction of sp³-hybridized carbons (Fsp3) is 0.889. The summed E-state index contributed by atoms with van der Waals surface area (Å²) in [6, 6.07) is 0.663. The molecule has 0 spiro atoms. The summed E-state index contributed by atoms with van der Waals surface area (Å²) in [5.41, 5.74) is 0. The van der Waals surface area contributed by atoms with Crippen molar-refractivity contribution in [1.29, 1.82) is 0 Å². The van der Waals surface area contributed by atoms with E-state index in [1.54, 1.807) is 0 Å². The quantitative estimate of drug-likeness (QED) is 0.562. The second-order valence-corrected chi connectivity index (χ2v) is 2.85. The standard InChI is InChI=1S/C9H20N/c1-4-6-8-10-9(3)7-5-2/h8-10H,4-7H2,1-3H3. The van der Waals surface area contributed by atoms with Crippen LogP contribution >= 0.6 is 0 Å². The van der Waals surface area contributed by atoms with Crippen molar-refractivity contribution >= 4 is 0 Å². The van der Waals surface area contributed by atoms with E-state index in [9.17, 15) is 0 Å². The zero-order valence-electron chi connectivity index (χ0n) is 7.48. The summed E-state index contributed by atoms with van der Waals surface area (Å²) in [4.78, 5) is 0. The molecule has 0 rings (SSSR count). The first-order valence-corrected chi connectivity index (χ1v) is 4.39. The van der Waals surface area contributed by atoms with Crippen LogP contribution in [-0.2, 0) is 0 Å².